The van der Waals surface area contributed by atoms with Crippen LogP contribution in [0.3, 0.4) is 0 Å². The molecule has 0 fully saturated rings. The van der Waals surface area contributed by atoms with Crippen LogP contribution in [0.1, 0.15) is 11.4 Å². The molecule has 2 heterocycles. The van der Waals surface area contributed by atoms with Crippen molar-refractivity contribution in [3.63, 3.8) is 0 Å². The molecule has 0 saturated carbocycles. The third kappa shape index (κ3) is 1.64. The van der Waals surface area contributed by atoms with Crippen LogP contribution in [-0.2, 0) is 9.71 Å². The molecule has 0 saturated heterocycles. The molecule has 3 rings (SSSR count). The first-order valence-corrected chi connectivity index (χ1v) is 6.85. The van der Waals surface area contributed by atoms with Crippen molar-refractivity contribution in [2.75, 3.05) is 0 Å². The first kappa shape index (κ1) is 10.2. The summed E-state index contributed by atoms with van der Waals surface area (Å²) in [7, 11) is -2.50. The van der Waals surface area contributed by atoms with E-state index < -0.39 is 9.71 Å². The summed E-state index contributed by atoms with van der Waals surface area (Å²) in [6, 6.07) is 7.52. The summed E-state index contributed by atoms with van der Waals surface area (Å²) < 4.78 is 15.4. The summed E-state index contributed by atoms with van der Waals surface area (Å²) in [5.74, 6) is 4.43. The number of H-pyrrole nitrogens is 1. The van der Waals surface area contributed by atoms with Gasteiger partial charge in [-0.2, -0.15) is 0 Å². The average molecular weight is 245 g/mol. The van der Waals surface area contributed by atoms with Crippen molar-refractivity contribution in [1.29, 1.82) is 0 Å². The lowest BCUT2D eigenvalue weighted by Crippen LogP contribution is -2.26. The third-order valence-electron chi connectivity index (χ3n) is 2.60. The largest absolute Gasteiger partial charge is 0.343 e. The fourth-order valence-electron chi connectivity index (χ4n) is 1.85. The molecule has 1 aliphatic rings. The van der Waals surface area contributed by atoms with Gasteiger partial charge in [-0.3, -0.25) is 0 Å². The zero-order valence-electron chi connectivity index (χ0n) is 9.01. The lowest BCUT2D eigenvalue weighted by atomic mass is 10.2. The van der Waals surface area contributed by atoms with E-state index in [-0.39, 0.29) is 0 Å². The molecule has 2 N–H and O–H groups in total. The Labute approximate surface area is 99.5 Å². The lowest BCUT2D eigenvalue weighted by Gasteiger charge is -2.21. The standard InChI is InChI=1S/C12H11N3OS/c1-17(16)11-5-3-2-4-9(11)8-10(15-17)12-13-6-7-14-12/h2-8H,1H2,(H,13,14)(H,15,16). The summed E-state index contributed by atoms with van der Waals surface area (Å²) in [5, 5.41) is 0. The molecule has 5 heteroatoms. The lowest BCUT2D eigenvalue weighted by molar-refractivity contribution is 0.677. The van der Waals surface area contributed by atoms with Crippen LogP contribution in [-0.4, -0.2) is 20.0 Å². The number of nitrogens with zero attached hydrogens (tertiary/aromatic N) is 1. The second kappa shape index (κ2) is 3.49. The van der Waals surface area contributed by atoms with Crippen LogP contribution in [0.25, 0.3) is 11.8 Å². The van der Waals surface area contributed by atoms with E-state index in [1.807, 2.05) is 30.3 Å². The van der Waals surface area contributed by atoms with E-state index in [1.165, 1.54) is 0 Å². The maximum absolute atomic E-state index is 12.4. The summed E-state index contributed by atoms with van der Waals surface area (Å²) in [6.45, 7) is 0. The van der Waals surface area contributed by atoms with Gasteiger partial charge in [-0.25, -0.2) is 9.19 Å². The Morgan fingerprint density at radius 3 is 2.88 bits per heavy atom. The van der Waals surface area contributed by atoms with E-state index in [9.17, 15) is 4.21 Å². The quantitative estimate of drug-likeness (QED) is 0.748. The highest BCUT2D eigenvalue weighted by atomic mass is 32.2. The van der Waals surface area contributed by atoms with Gasteiger partial charge in [0.25, 0.3) is 0 Å². The van der Waals surface area contributed by atoms with Gasteiger partial charge >= 0.3 is 0 Å². The van der Waals surface area contributed by atoms with Crippen LogP contribution >= 0.6 is 0 Å². The van der Waals surface area contributed by atoms with E-state index >= 15 is 0 Å². The van der Waals surface area contributed by atoms with E-state index in [0.29, 0.717) is 11.5 Å². The second-order valence-corrected chi connectivity index (χ2v) is 5.81. The van der Waals surface area contributed by atoms with E-state index in [0.717, 1.165) is 10.5 Å². The van der Waals surface area contributed by atoms with Crippen molar-refractivity contribution in [2.45, 2.75) is 4.90 Å². The predicted octanol–water partition coefficient (Wildman–Crippen LogP) is 1.50. The number of imidazole rings is 1. The molecule has 1 aromatic heterocycles. The van der Waals surface area contributed by atoms with Gasteiger partial charge in [0.1, 0.15) is 0 Å². The van der Waals surface area contributed by atoms with Gasteiger partial charge in [-0.1, -0.05) is 18.2 Å². The molecule has 1 atom stereocenters. The Hall–Kier alpha value is -2.01. The van der Waals surface area contributed by atoms with Gasteiger partial charge in [-0.05, 0) is 23.6 Å². The fourth-order valence-corrected chi connectivity index (χ4v) is 3.27. The fraction of sp³-hybridized carbons (Fsp3) is 0. The molecule has 0 radical (unpaired) electrons. The van der Waals surface area contributed by atoms with Gasteiger partial charge in [0, 0.05) is 12.4 Å². The topological polar surface area (TPSA) is 57.8 Å². The SMILES string of the molecule is C=S1(=O)NC(c2ncc[nH]2)=Cc2ccccc21. The molecule has 0 bridgehead atoms. The van der Waals surface area contributed by atoms with Gasteiger partial charge in [0.2, 0.25) is 0 Å². The highest BCUT2D eigenvalue weighted by Gasteiger charge is 2.20. The summed E-state index contributed by atoms with van der Waals surface area (Å²) in [5.41, 5.74) is 1.62. The monoisotopic (exact) mass is 245 g/mol. The highest BCUT2D eigenvalue weighted by molar-refractivity contribution is 7.99. The van der Waals surface area contributed by atoms with Crippen molar-refractivity contribution >= 4 is 27.4 Å². The normalized spacial score (nSPS) is 22.5. The average Bonchev–Trinajstić information content (AvgIpc) is 2.81. The van der Waals surface area contributed by atoms with Crippen LogP contribution in [0, 0.1) is 0 Å². The molecule has 0 aliphatic carbocycles. The third-order valence-corrected chi connectivity index (χ3v) is 4.23. The Kier molecular flexibility index (Phi) is 2.09. The molecule has 86 valence electrons. The number of benzene rings is 1. The number of aromatic nitrogens is 2. The van der Waals surface area contributed by atoms with E-state index in [1.54, 1.807) is 12.4 Å². The minimum atomic E-state index is -2.50. The second-order valence-electron chi connectivity index (χ2n) is 3.81. The number of rotatable bonds is 1. The molecule has 0 amide bonds. The van der Waals surface area contributed by atoms with E-state index in [4.69, 9.17) is 0 Å². The van der Waals surface area contributed by atoms with Crippen molar-refractivity contribution in [1.82, 2.24) is 14.7 Å². The van der Waals surface area contributed by atoms with E-state index in [2.05, 4.69) is 20.6 Å². The molecule has 1 unspecified atom stereocenters. The zero-order chi connectivity index (χ0) is 11.9. The Morgan fingerprint density at radius 2 is 2.12 bits per heavy atom. The van der Waals surface area contributed by atoms with Gasteiger partial charge in [0.05, 0.1) is 20.3 Å². The first-order chi connectivity index (χ1) is 8.17. The molecular weight excluding hydrogens is 234 g/mol. The Bertz CT molecular complexity index is 684. The number of hydrogen-bond donors (Lipinski definition) is 2. The minimum Gasteiger partial charge on any atom is -0.343 e. The Balaban J connectivity index is 2.22. The van der Waals surface area contributed by atoms with Crippen LogP contribution in [0.4, 0.5) is 0 Å². The summed E-state index contributed by atoms with van der Waals surface area (Å²) >= 11 is 0. The number of fused-ring (bicyclic) bond motifs is 1. The number of aromatic amines is 1. The summed E-state index contributed by atoms with van der Waals surface area (Å²) in [6.07, 6.45) is 5.30. The van der Waals surface area contributed by atoms with Gasteiger partial charge in [-0.15, -0.1) is 0 Å². The first-order valence-electron chi connectivity index (χ1n) is 5.12. The highest BCUT2D eigenvalue weighted by Crippen LogP contribution is 2.26. The van der Waals surface area contributed by atoms with Crippen molar-refractivity contribution in [3.05, 3.63) is 48.0 Å². The zero-order valence-corrected chi connectivity index (χ0v) is 9.83. The smallest absolute Gasteiger partial charge is 0.154 e. The Morgan fingerprint density at radius 1 is 1.29 bits per heavy atom. The maximum Gasteiger partial charge on any atom is 0.154 e. The van der Waals surface area contributed by atoms with Gasteiger partial charge in [0.15, 0.2) is 5.82 Å². The molecule has 1 aliphatic heterocycles. The number of hydrogen-bond acceptors (Lipinski definition) is 2. The van der Waals surface area contributed by atoms with Gasteiger partial charge < -0.3 is 9.71 Å². The molecular formula is C12H11N3OS. The molecule has 4 nitrogen and oxygen atoms in total. The van der Waals surface area contributed by atoms with Crippen LogP contribution < -0.4 is 4.72 Å². The predicted molar refractivity (Wildman–Crippen MR) is 69.6 cm³/mol. The van der Waals surface area contributed by atoms with Crippen LogP contribution in [0.5, 0.6) is 0 Å². The molecule has 2 aromatic rings. The summed E-state index contributed by atoms with van der Waals surface area (Å²) in [4.78, 5) is 7.85. The van der Waals surface area contributed by atoms with Crippen LogP contribution in [0.15, 0.2) is 41.6 Å². The van der Waals surface area contributed by atoms with Crippen LogP contribution in [0.2, 0.25) is 0 Å². The maximum atomic E-state index is 12.4. The van der Waals surface area contributed by atoms with Crippen molar-refractivity contribution < 1.29 is 4.21 Å². The molecule has 0 spiro atoms. The molecule has 1 aromatic carbocycles. The number of nitrogens with one attached hydrogen (secondary N) is 2. The minimum absolute atomic E-state index is 0.663. The van der Waals surface area contributed by atoms with Crippen molar-refractivity contribution in [2.24, 2.45) is 0 Å². The van der Waals surface area contributed by atoms with Crippen molar-refractivity contribution in [3.8, 4) is 0 Å². The molecule has 17 heavy (non-hydrogen) atoms.